The van der Waals surface area contributed by atoms with Gasteiger partial charge in [-0.15, -0.1) is 12.4 Å². The largest absolute Gasteiger partial charge is 0.399 e. The molecule has 0 amide bonds. The molecule has 1 fully saturated rings. The highest BCUT2D eigenvalue weighted by Crippen LogP contribution is 2.20. The number of halogens is 1. The molecule has 1 heterocycles. The molecule has 0 saturated carbocycles. The number of β-amino-alcohol motifs (C(OH)–C–C–N with tert-alkyl or cyclic N) is 1. The van der Waals surface area contributed by atoms with Crippen LogP contribution in [0.4, 0.5) is 11.4 Å². The van der Waals surface area contributed by atoms with Crippen LogP contribution in [0.15, 0.2) is 18.2 Å². The molecule has 1 aromatic carbocycles. The fourth-order valence-corrected chi connectivity index (χ4v) is 1.95. The molecule has 0 spiro atoms. The van der Waals surface area contributed by atoms with Gasteiger partial charge in [-0.05, 0) is 24.1 Å². The second-order valence-electron chi connectivity index (χ2n) is 4.14. The van der Waals surface area contributed by atoms with Crippen molar-refractivity contribution in [2.45, 2.75) is 19.1 Å². The number of nitrogen functional groups attached to an aromatic ring is 2. The average molecular weight is 244 g/mol. The van der Waals surface area contributed by atoms with Gasteiger partial charge < -0.3 is 16.6 Å². The topological polar surface area (TPSA) is 75.5 Å². The maximum Gasteiger partial charge on any atom is 0.0679 e. The van der Waals surface area contributed by atoms with Gasteiger partial charge in [-0.3, -0.25) is 4.90 Å². The summed E-state index contributed by atoms with van der Waals surface area (Å²) in [5.41, 5.74) is 14.0. The van der Waals surface area contributed by atoms with Gasteiger partial charge in [-0.2, -0.15) is 0 Å². The van der Waals surface area contributed by atoms with Crippen LogP contribution in [0.2, 0.25) is 0 Å². The minimum absolute atomic E-state index is 0. The van der Waals surface area contributed by atoms with Crippen LogP contribution in [0.5, 0.6) is 0 Å². The van der Waals surface area contributed by atoms with Gasteiger partial charge in [0, 0.05) is 31.0 Å². The van der Waals surface area contributed by atoms with Crippen molar-refractivity contribution >= 4 is 23.8 Å². The first-order chi connectivity index (χ1) is 7.15. The minimum Gasteiger partial charge on any atom is -0.399 e. The lowest BCUT2D eigenvalue weighted by Gasteiger charge is -2.16. The summed E-state index contributed by atoms with van der Waals surface area (Å²) in [5, 5.41) is 9.40. The molecule has 1 aliphatic rings. The first kappa shape index (κ1) is 13.1. The highest BCUT2D eigenvalue weighted by molar-refractivity contribution is 5.85. The Kier molecular flexibility index (Phi) is 4.41. The maximum atomic E-state index is 9.40. The summed E-state index contributed by atoms with van der Waals surface area (Å²) >= 11 is 0. The lowest BCUT2D eigenvalue weighted by atomic mass is 10.1. The predicted octanol–water partition coefficient (Wildman–Crippen LogP) is 0.839. The SMILES string of the molecule is Cl.Nc1ccc(CN2CCC(O)C2)c(N)c1. The van der Waals surface area contributed by atoms with E-state index in [1.807, 2.05) is 12.1 Å². The third-order valence-corrected chi connectivity index (χ3v) is 2.81. The number of aliphatic hydroxyl groups is 1. The smallest absolute Gasteiger partial charge is 0.0679 e. The van der Waals surface area contributed by atoms with E-state index in [1.165, 1.54) is 0 Å². The molecule has 0 bridgehead atoms. The molecule has 2 rings (SSSR count). The maximum absolute atomic E-state index is 9.40. The quantitative estimate of drug-likeness (QED) is 0.673. The Labute approximate surface area is 102 Å². The first-order valence-corrected chi connectivity index (χ1v) is 5.19. The average Bonchev–Trinajstić information content (AvgIpc) is 2.56. The van der Waals surface area contributed by atoms with Crippen LogP contribution in [0.1, 0.15) is 12.0 Å². The normalized spacial score (nSPS) is 20.7. The first-order valence-electron chi connectivity index (χ1n) is 5.19. The van der Waals surface area contributed by atoms with Gasteiger partial charge in [-0.25, -0.2) is 0 Å². The second-order valence-corrected chi connectivity index (χ2v) is 4.14. The number of nitrogens with zero attached hydrogens (tertiary/aromatic N) is 1. The molecule has 0 aliphatic carbocycles. The highest BCUT2D eigenvalue weighted by atomic mass is 35.5. The molecule has 1 unspecified atom stereocenters. The van der Waals surface area contributed by atoms with Crippen LogP contribution in [0.3, 0.4) is 0 Å². The lowest BCUT2D eigenvalue weighted by Crippen LogP contribution is -2.22. The van der Waals surface area contributed by atoms with Crippen LogP contribution >= 0.6 is 12.4 Å². The Morgan fingerprint density at radius 1 is 1.38 bits per heavy atom. The van der Waals surface area contributed by atoms with Crippen molar-refractivity contribution in [3.8, 4) is 0 Å². The number of hydrogen-bond acceptors (Lipinski definition) is 4. The number of anilines is 2. The Bertz CT molecular complexity index is 359. The van der Waals surface area contributed by atoms with Gasteiger partial charge in [0.1, 0.15) is 0 Å². The molecule has 1 aromatic rings. The number of nitrogens with two attached hydrogens (primary N) is 2. The summed E-state index contributed by atoms with van der Waals surface area (Å²) in [5.74, 6) is 0. The van der Waals surface area contributed by atoms with Crippen molar-refractivity contribution in [3.63, 3.8) is 0 Å². The Morgan fingerprint density at radius 3 is 2.69 bits per heavy atom. The van der Waals surface area contributed by atoms with Crippen LogP contribution in [0.25, 0.3) is 0 Å². The van der Waals surface area contributed by atoms with Crippen molar-refractivity contribution in [3.05, 3.63) is 23.8 Å². The third-order valence-electron chi connectivity index (χ3n) is 2.81. The number of likely N-dealkylation sites (tertiary alicyclic amines) is 1. The standard InChI is InChI=1S/C11H17N3O.ClH/c12-9-2-1-8(11(13)5-9)6-14-4-3-10(15)7-14;/h1-2,5,10,15H,3-4,6-7,12-13H2;1H. The van der Waals surface area contributed by atoms with Gasteiger partial charge in [0.2, 0.25) is 0 Å². The number of rotatable bonds is 2. The Hall–Kier alpha value is -0.970. The van der Waals surface area contributed by atoms with Crippen molar-refractivity contribution in [2.24, 2.45) is 0 Å². The summed E-state index contributed by atoms with van der Waals surface area (Å²) in [6.07, 6.45) is 0.675. The molecule has 0 radical (unpaired) electrons. The molecule has 0 aromatic heterocycles. The van der Waals surface area contributed by atoms with E-state index in [-0.39, 0.29) is 18.5 Å². The Balaban J connectivity index is 0.00000128. The molecule has 16 heavy (non-hydrogen) atoms. The van der Waals surface area contributed by atoms with Gasteiger partial charge >= 0.3 is 0 Å². The second kappa shape index (κ2) is 5.39. The summed E-state index contributed by atoms with van der Waals surface area (Å²) in [4.78, 5) is 2.20. The van der Waals surface area contributed by atoms with Crippen molar-refractivity contribution in [2.75, 3.05) is 24.6 Å². The van der Waals surface area contributed by atoms with Crippen molar-refractivity contribution in [1.82, 2.24) is 4.90 Å². The van der Waals surface area contributed by atoms with Crippen molar-refractivity contribution < 1.29 is 5.11 Å². The zero-order valence-electron chi connectivity index (χ0n) is 9.10. The summed E-state index contributed by atoms with van der Waals surface area (Å²) in [6, 6.07) is 5.59. The lowest BCUT2D eigenvalue weighted by molar-refractivity contribution is 0.175. The summed E-state index contributed by atoms with van der Waals surface area (Å²) in [7, 11) is 0. The molecular weight excluding hydrogens is 226 g/mol. The molecule has 1 saturated heterocycles. The fraction of sp³-hybridized carbons (Fsp3) is 0.455. The zero-order valence-corrected chi connectivity index (χ0v) is 9.91. The van der Waals surface area contributed by atoms with E-state index in [4.69, 9.17) is 11.5 Å². The van der Waals surface area contributed by atoms with E-state index in [0.29, 0.717) is 5.69 Å². The third kappa shape index (κ3) is 3.01. The summed E-state index contributed by atoms with van der Waals surface area (Å²) in [6.45, 7) is 2.47. The molecule has 1 aliphatic heterocycles. The fourth-order valence-electron chi connectivity index (χ4n) is 1.95. The van der Waals surface area contributed by atoms with E-state index in [1.54, 1.807) is 6.07 Å². The van der Waals surface area contributed by atoms with E-state index >= 15 is 0 Å². The van der Waals surface area contributed by atoms with Crippen LogP contribution in [-0.4, -0.2) is 29.2 Å². The van der Waals surface area contributed by atoms with Gasteiger partial charge in [-0.1, -0.05) is 6.07 Å². The highest BCUT2D eigenvalue weighted by Gasteiger charge is 2.20. The molecular formula is C11H18ClN3O. The zero-order chi connectivity index (χ0) is 10.8. The van der Waals surface area contributed by atoms with Crippen LogP contribution in [0, 0.1) is 0 Å². The molecule has 90 valence electrons. The number of hydrogen-bond donors (Lipinski definition) is 3. The van der Waals surface area contributed by atoms with Crippen LogP contribution in [-0.2, 0) is 6.54 Å². The Morgan fingerprint density at radius 2 is 2.12 bits per heavy atom. The minimum atomic E-state index is -0.181. The predicted molar refractivity (Wildman–Crippen MR) is 68.4 cm³/mol. The molecule has 5 heteroatoms. The van der Waals surface area contributed by atoms with Gasteiger partial charge in [0.15, 0.2) is 0 Å². The van der Waals surface area contributed by atoms with E-state index in [0.717, 1.165) is 37.3 Å². The van der Waals surface area contributed by atoms with Gasteiger partial charge in [0.05, 0.1) is 6.10 Å². The number of aliphatic hydroxyl groups excluding tert-OH is 1. The van der Waals surface area contributed by atoms with E-state index < -0.39 is 0 Å². The van der Waals surface area contributed by atoms with E-state index in [9.17, 15) is 5.11 Å². The van der Waals surface area contributed by atoms with E-state index in [2.05, 4.69) is 4.90 Å². The monoisotopic (exact) mass is 243 g/mol. The van der Waals surface area contributed by atoms with Gasteiger partial charge in [0.25, 0.3) is 0 Å². The summed E-state index contributed by atoms with van der Waals surface area (Å²) < 4.78 is 0. The molecule has 5 N–H and O–H groups in total. The molecule has 4 nitrogen and oxygen atoms in total. The molecule has 1 atom stereocenters. The van der Waals surface area contributed by atoms with Crippen LogP contribution < -0.4 is 11.5 Å². The number of benzene rings is 1. The van der Waals surface area contributed by atoms with Crippen molar-refractivity contribution in [1.29, 1.82) is 0 Å².